The molecule has 5 N–H and O–H groups in total. The summed E-state index contributed by atoms with van der Waals surface area (Å²) >= 11 is 0. The van der Waals surface area contributed by atoms with Crippen molar-refractivity contribution in [1.82, 2.24) is 0 Å². The highest BCUT2D eigenvalue weighted by Gasteiger charge is 2.45. The first-order chi connectivity index (χ1) is 12.9. The number of benzene rings is 1. The fraction of sp³-hybridized carbons (Fsp3) is 0.353. The van der Waals surface area contributed by atoms with Crippen LogP contribution in [0, 0.1) is 0 Å². The Bertz CT molecular complexity index is 1040. The minimum absolute atomic E-state index is 0.0935. The van der Waals surface area contributed by atoms with Gasteiger partial charge in [-0.2, -0.15) is 0 Å². The van der Waals surface area contributed by atoms with E-state index in [4.69, 9.17) is 18.3 Å². The minimum atomic E-state index is -1.66. The number of aliphatic hydroxyl groups excluding tert-OH is 4. The first kappa shape index (κ1) is 17.8. The molecular formula is C17H16O10. The van der Waals surface area contributed by atoms with Gasteiger partial charge in [0, 0.05) is 5.39 Å². The highest BCUT2D eigenvalue weighted by atomic mass is 16.7. The van der Waals surface area contributed by atoms with Crippen molar-refractivity contribution in [2.75, 3.05) is 6.61 Å². The Kier molecular flexibility index (Phi) is 4.29. The Hall–Kier alpha value is -2.63. The summed E-state index contributed by atoms with van der Waals surface area (Å²) in [5, 5.41) is 50.1. The fourth-order valence-corrected chi connectivity index (χ4v) is 3.07. The molecule has 0 amide bonds. The molecule has 0 saturated carbocycles. The Morgan fingerprint density at radius 2 is 1.85 bits per heavy atom. The molecule has 1 aliphatic heterocycles. The van der Waals surface area contributed by atoms with Crippen molar-refractivity contribution in [3.63, 3.8) is 0 Å². The summed E-state index contributed by atoms with van der Waals surface area (Å²) in [6.07, 6.45) is -6.16. The number of furan rings is 1. The molecule has 10 nitrogen and oxygen atoms in total. The van der Waals surface area contributed by atoms with E-state index in [0.29, 0.717) is 5.39 Å². The molecule has 5 unspecified atom stereocenters. The molecule has 3 aromatic rings. The van der Waals surface area contributed by atoms with E-state index in [0.717, 1.165) is 6.07 Å². The van der Waals surface area contributed by atoms with Crippen LogP contribution in [0.3, 0.4) is 0 Å². The third-order valence-corrected chi connectivity index (χ3v) is 4.48. The molecule has 1 fully saturated rings. The number of aromatic hydroxyl groups is 1. The lowest BCUT2D eigenvalue weighted by Crippen LogP contribution is -2.60. The zero-order chi connectivity index (χ0) is 19.3. The lowest BCUT2D eigenvalue weighted by atomic mass is 9.99. The summed E-state index contributed by atoms with van der Waals surface area (Å²) in [6, 6.07) is 4.10. The van der Waals surface area contributed by atoms with E-state index in [1.54, 1.807) is 6.07 Å². The van der Waals surface area contributed by atoms with Crippen LogP contribution in [-0.2, 0) is 4.74 Å². The summed E-state index contributed by atoms with van der Waals surface area (Å²) in [7, 11) is 0. The van der Waals surface area contributed by atoms with Crippen molar-refractivity contribution in [3.05, 3.63) is 34.9 Å². The normalized spacial score (nSPS) is 28.7. The van der Waals surface area contributed by atoms with Gasteiger partial charge in [-0.1, -0.05) is 0 Å². The van der Waals surface area contributed by atoms with Gasteiger partial charge in [-0.3, -0.25) is 0 Å². The smallest absolute Gasteiger partial charge is 0.340 e. The zero-order valence-electron chi connectivity index (χ0n) is 13.7. The summed E-state index contributed by atoms with van der Waals surface area (Å²) in [4.78, 5) is 11.9. The number of phenolic OH excluding ortho intramolecular Hbond substituents is 1. The standard InChI is InChI=1S/C17H16O10/c18-5-9-11(20)12(21)13(22)17(26-9)25-8-4-10(19)27-16-7(8)3-6-1-2-24-15(6)14(16)23/h1-4,9,11-13,17-18,20-23H,5H2. The molecule has 1 saturated heterocycles. The van der Waals surface area contributed by atoms with Crippen LogP contribution >= 0.6 is 0 Å². The van der Waals surface area contributed by atoms with Crippen molar-refractivity contribution in [2.45, 2.75) is 30.7 Å². The first-order valence-electron chi connectivity index (χ1n) is 8.05. The SMILES string of the molecule is O=c1cc(OC2OC(CO)C(O)C(O)C2O)c2cc3ccoc3c(O)c2o1. The van der Waals surface area contributed by atoms with Crippen molar-refractivity contribution in [3.8, 4) is 11.5 Å². The predicted octanol–water partition coefficient (Wildman–Crippen LogP) is -0.576. The number of fused-ring (bicyclic) bond motifs is 2. The van der Waals surface area contributed by atoms with Crippen LogP contribution in [0.5, 0.6) is 11.5 Å². The summed E-state index contributed by atoms with van der Waals surface area (Å²) in [5.41, 5.74) is -0.913. The molecule has 27 heavy (non-hydrogen) atoms. The van der Waals surface area contributed by atoms with E-state index < -0.39 is 48.7 Å². The van der Waals surface area contributed by atoms with Crippen LogP contribution in [-0.4, -0.2) is 62.8 Å². The molecule has 1 aliphatic rings. The highest BCUT2D eigenvalue weighted by molar-refractivity contribution is 6.02. The summed E-state index contributed by atoms with van der Waals surface area (Å²) in [5.74, 6) is -0.493. The van der Waals surface area contributed by atoms with Crippen LogP contribution in [0.4, 0.5) is 0 Å². The van der Waals surface area contributed by atoms with Gasteiger partial charge in [-0.25, -0.2) is 4.79 Å². The summed E-state index contributed by atoms with van der Waals surface area (Å²) in [6.45, 7) is -0.626. The molecule has 2 aromatic heterocycles. The van der Waals surface area contributed by atoms with Gasteiger partial charge >= 0.3 is 5.63 Å². The molecule has 4 rings (SSSR count). The third-order valence-electron chi connectivity index (χ3n) is 4.48. The molecule has 0 radical (unpaired) electrons. The first-order valence-corrected chi connectivity index (χ1v) is 8.05. The maximum atomic E-state index is 11.9. The Morgan fingerprint density at radius 3 is 2.59 bits per heavy atom. The maximum absolute atomic E-state index is 11.9. The zero-order valence-corrected chi connectivity index (χ0v) is 13.7. The van der Waals surface area contributed by atoms with Crippen molar-refractivity contribution in [1.29, 1.82) is 0 Å². The van der Waals surface area contributed by atoms with Gasteiger partial charge in [-0.05, 0) is 12.1 Å². The van der Waals surface area contributed by atoms with Crippen LogP contribution in [0.25, 0.3) is 21.9 Å². The van der Waals surface area contributed by atoms with Gasteiger partial charge in [0.15, 0.2) is 11.2 Å². The second-order valence-corrected chi connectivity index (χ2v) is 6.19. The number of rotatable bonds is 3. The molecule has 5 atom stereocenters. The van der Waals surface area contributed by atoms with Crippen molar-refractivity contribution in [2.24, 2.45) is 0 Å². The molecule has 1 aromatic carbocycles. The predicted molar refractivity (Wildman–Crippen MR) is 88.3 cm³/mol. The van der Waals surface area contributed by atoms with E-state index in [9.17, 15) is 30.3 Å². The maximum Gasteiger partial charge on any atom is 0.340 e. The van der Waals surface area contributed by atoms with Crippen molar-refractivity contribution >= 4 is 21.9 Å². The van der Waals surface area contributed by atoms with Crippen molar-refractivity contribution < 1.29 is 43.8 Å². The quantitative estimate of drug-likeness (QED) is 0.372. The number of aliphatic hydroxyl groups is 4. The third kappa shape index (κ3) is 2.83. The molecule has 0 aliphatic carbocycles. The lowest BCUT2D eigenvalue weighted by molar-refractivity contribution is -0.277. The van der Waals surface area contributed by atoms with Crippen LogP contribution in [0.15, 0.2) is 38.1 Å². The molecule has 3 heterocycles. The van der Waals surface area contributed by atoms with Crippen LogP contribution in [0.1, 0.15) is 0 Å². The van der Waals surface area contributed by atoms with Gasteiger partial charge in [0.05, 0.1) is 24.3 Å². The topological polar surface area (TPSA) is 163 Å². The van der Waals surface area contributed by atoms with Crippen LogP contribution in [0.2, 0.25) is 0 Å². The minimum Gasteiger partial charge on any atom is -0.502 e. The molecule has 10 heteroatoms. The monoisotopic (exact) mass is 380 g/mol. The van der Waals surface area contributed by atoms with Crippen LogP contribution < -0.4 is 10.4 Å². The van der Waals surface area contributed by atoms with E-state index in [2.05, 4.69) is 0 Å². The van der Waals surface area contributed by atoms with Gasteiger partial charge in [0.1, 0.15) is 30.2 Å². The average Bonchev–Trinajstić information content (AvgIpc) is 3.12. The largest absolute Gasteiger partial charge is 0.502 e. The van der Waals surface area contributed by atoms with E-state index in [1.807, 2.05) is 0 Å². The Labute approximate surface area is 150 Å². The molecular weight excluding hydrogens is 364 g/mol. The molecule has 144 valence electrons. The van der Waals surface area contributed by atoms with E-state index in [-0.39, 0.29) is 22.3 Å². The van der Waals surface area contributed by atoms with Gasteiger partial charge in [0.25, 0.3) is 0 Å². The van der Waals surface area contributed by atoms with E-state index >= 15 is 0 Å². The van der Waals surface area contributed by atoms with E-state index in [1.165, 1.54) is 12.3 Å². The Morgan fingerprint density at radius 1 is 1.07 bits per heavy atom. The Balaban J connectivity index is 1.79. The number of phenols is 1. The number of ether oxygens (including phenoxy) is 2. The molecule has 0 spiro atoms. The number of hydrogen-bond acceptors (Lipinski definition) is 10. The van der Waals surface area contributed by atoms with Gasteiger partial charge in [0.2, 0.25) is 12.0 Å². The van der Waals surface area contributed by atoms with Gasteiger partial charge < -0.3 is 43.8 Å². The fourth-order valence-electron chi connectivity index (χ4n) is 3.07. The highest BCUT2D eigenvalue weighted by Crippen LogP contribution is 2.38. The number of hydrogen-bond donors (Lipinski definition) is 5. The average molecular weight is 380 g/mol. The van der Waals surface area contributed by atoms with Gasteiger partial charge in [-0.15, -0.1) is 0 Å². The molecule has 0 bridgehead atoms. The summed E-state index contributed by atoms with van der Waals surface area (Å²) < 4.78 is 21.0. The lowest BCUT2D eigenvalue weighted by Gasteiger charge is -2.39. The second-order valence-electron chi connectivity index (χ2n) is 6.19. The second kappa shape index (κ2) is 6.51.